The summed E-state index contributed by atoms with van der Waals surface area (Å²) in [6.45, 7) is 1.78. The van der Waals surface area contributed by atoms with E-state index >= 15 is 0 Å². The minimum absolute atomic E-state index is 0.107. The predicted molar refractivity (Wildman–Crippen MR) is 153 cm³/mol. The van der Waals surface area contributed by atoms with Gasteiger partial charge in [-0.3, -0.25) is 14.4 Å². The largest absolute Gasteiger partial charge is 0.493 e. The molecule has 3 aliphatic rings. The lowest BCUT2D eigenvalue weighted by Gasteiger charge is -2.42. The molecule has 38 heavy (non-hydrogen) atoms. The Kier molecular flexibility index (Phi) is 7.61. The summed E-state index contributed by atoms with van der Waals surface area (Å²) in [5.74, 6) is 0.434. The van der Waals surface area contributed by atoms with Gasteiger partial charge >= 0.3 is 0 Å². The van der Waals surface area contributed by atoms with Crippen molar-refractivity contribution < 1.29 is 23.9 Å². The molecule has 0 radical (unpaired) electrons. The van der Waals surface area contributed by atoms with Crippen LogP contribution in [0.5, 0.6) is 11.5 Å². The molecule has 5 rings (SSSR count). The summed E-state index contributed by atoms with van der Waals surface area (Å²) in [5.41, 5.74) is 6.12. The Morgan fingerprint density at radius 3 is 2.29 bits per heavy atom. The van der Waals surface area contributed by atoms with E-state index < -0.39 is 5.92 Å². The van der Waals surface area contributed by atoms with Gasteiger partial charge in [0.05, 0.1) is 10.7 Å². The van der Waals surface area contributed by atoms with Gasteiger partial charge in [0.15, 0.2) is 29.7 Å². The van der Waals surface area contributed by atoms with Gasteiger partial charge in [-0.15, -0.1) is 0 Å². The number of carbonyl (C=O) groups is 3. The third-order valence-corrected chi connectivity index (χ3v) is 8.28. The summed E-state index contributed by atoms with van der Waals surface area (Å²) in [6, 6.07) is 11.4. The maximum absolute atomic E-state index is 13.3. The first-order chi connectivity index (χ1) is 18.3. The van der Waals surface area contributed by atoms with Crippen molar-refractivity contribution in [3.8, 4) is 11.5 Å². The monoisotopic (exact) mass is 626 g/mol. The van der Waals surface area contributed by atoms with Crippen molar-refractivity contribution in [3.63, 3.8) is 0 Å². The highest BCUT2D eigenvalue weighted by atomic mass is 127. The number of Topliss-reactive ketones (excluding diaryl/α,β-unsaturated/α-hetero) is 2. The molecule has 1 N–H and O–H groups in total. The van der Waals surface area contributed by atoms with Gasteiger partial charge in [-0.2, -0.15) is 0 Å². The van der Waals surface area contributed by atoms with Crippen LogP contribution in [0.1, 0.15) is 55.6 Å². The molecular formula is C30H31IN2O5. The van der Waals surface area contributed by atoms with Crippen LogP contribution in [0.2, 0.25) is 0 Å². The van der Waals surface area contributed by atoms with E-state index in [1.54, 1.807) is 7.11 Å². The number of allylic oxidation sites excluding steroid dienone is 4. The molecule has 0 aromatic heterocycles. The third-order valence-electron chi connectivity index (χ3n) is 7.48. The summed E-state index contributed by atoms with van der Waals surface area (Å²) in [4.78, 5) is 41.2. The van der Waals surface area contributed by atoms with E-state index in [1.165, 1.54) is 0 Å². The van der Waals surface area contributed by atoms with E-state index in [4.69, 9.17) is 9.47 Å². The highest BCUT2D eigenvalue weighted by molar-refractivity contribution is 14.1. The Morgan fingerprint density at radius 1 is 1.03 bits per heavy atom. The van der Waals surface area contributed by atoms with Crippen LogP contribution in [0.15, 0.2) is 58.9 Å². The quantitative estimate of drug-likeness (QED) is 0.417. The van der Waals surface area contributed by atoms with Crippen LogP contribution >= 0.6 is 22.6 Å². The van der Waals surface area contributed by atoms with Gasteiger partial charge in [0, 0.05) is 54.0 Å². The molecule has 1 aliphatic heterocycles. The number of hydrogen-bond acceptors (Lipinski definition) is 6. The van der Waals surface area contributed by atoms with E-state index in [1.807, 2.05) is 50.4 Å². The zero-order valence-electron chi connectivity index (χ0n) is 21.9. The van der Waals surface area contributed by atoms with E-state index in [9.17, 15) is 14.4 Å². The second-order valence-electron chi connectivity index (χ2n) is 10.0. The highest BCUT2D eigenvalue weighted by Gasteiger charge is 2.42. The van der Waals surface area contributed by atoms with Crippen LogP contribution in [-0.4, -0.2) is 43.1 Å². The van der Waals surface area contributed by atoms with Gasteiger partial charge in [0.25, 0.3) is 5.91 Å². The number of nitrogens with one attached hydrogen (secondary N) is 1. The van der Waals surface area contributed by atoms with Gasteiger partial charge in [-0.05, 0) is 90.6 Å². The first kappa shape index (κ1) is 26.5. The van der Waals surface area contributed by atoms with Crippen LogP contribution < -0.4 is 14.8 Å². The van der Waals surface area contributed by atoms with Gasteiger partial charge in [-0.1, -0.05) is 12.1 Å². The molecule has 7 nitrogen and oxygen atoms in total. The van der Waals surface area contributed by atoms with Crippen molar-refractivity contribution in [2.24, 2.45) is 0 Å². The number of anilines is 1. The smallest absolute Gasteiger partial charge is 0.262 e. The fourth-order valence-corrected chi connectivity index (χ4v) is 6.57. The van der Waals surface area contributed by atoms with Crippen molar-refractivity contribution in [1.29, 1.82) is 0 Å². The highest BCUT2D eigenvalue weighted by Crippen LogP contribution is 2.50. The summed E-state index contributed by atoms with van der Waals surface area (Å²) >= 11 is 2.17. The summed E-state index contributed by atoms with van der Waals surface area (Å²) in [7, 11) is 3.54. The Hall–Kier alpha value is -3.14. The maximum Gasteiger partial charge on any atom is 0.262 e. The molecular weight excluding hydrogens is 595 g/mol. The Bertz CT molecular complexity index is 1350. The van der Waals surface area contributed by atoms with Crippen molar-refractivity contribution in [2.45, 2.75) is 51.4 Å². The van der Waals surface area contributed by atoms with Gasteiger partial charge in [0.1, 0.15) is 0 Å². The molecule has 0 saturated heterocycles. The van der Waals surface area contributed by atoms with E-state index in [0.29, 0.717) is 30.0 Å². The molecule has 0 saturated carbocycles. The molecule has 0 spiro atoms. The molecule has 2 aromatic carbocycles. The molecule has 2 aromatic rings. The lowest BCUT2D eigenvalue weighted by molar-refractivity contribution is -0.118. The Balaban J connectivity index is 1.48. The number of methoxy groups -OCH3 is 1. The number of carbonyl (C=O) groups excluding carboxylic acids is 3. The minimum atomic E-state index is -0.419. The van der Waals surface area contributed by atoms with Crippen LogP contribution in [0.25, 0.3) is 0 Å². The van der Waals surface area contributed by atoms with Gasteiger partial charge < -0.3 is 19.7 Å². The minimum Gasteiger partial charge on any atom is -0.493 e. The molecule has 2 aliphatic carbocycles. The fraction of sp³-hybridized carbons (Fsp3) is 0.367. The average Bonchev–Trinajstić information content (AvgIpc) is 2.89. The molecule has 8 heteroatoms. The second kappa shape index (κ2) is 10.9. The summed E-state index contributed by atoms with van der Waals surface area (Å²) in [6.07, 6.45) is 4.28. The molecule has 0 fully saturated rings. The van der Waals surface area contributed by atoms with Crippen molar-refractivity contribution in [2.75, 3.05) is 26.1 Å². The number of amides is 1. The van der Waals surface area contributed by atoms with Crippen LogP contribution in [0.3, 0.4) is 0 Å². The maximum atomic E-state index is 13.3. The number of halogens is 1. The molecule has 1 heterocycles. The number of rotatable bonds is 6. The second-order valence-corrected chi connectivity index (χ2v) is 11.2. The zero-order valence-corrected chi connectivity index (χ0v) is 24.0. The number of aryl methyl sites for hydroxylation is 1. The standard InChI is InChI=1S/C30H31IN2O5/c1-17-7-4-8-19(13-17)32-26(36)16-38-30-20(31)14-18(15-25(30)37-3)27-28-21(9-5-11-23(28)34)33(2)22-10-6-12-24(35)29(22)27/h4,7-8,13-15,27H,5-6,9-12,16H2,1-3H3,(H,32,36). The lowest BCUT2D eigenvalue weighted by Crippen LogP contribution is -2.37. The average molecular weight is 626 g/mol. The van der Waals surface area contributed by atoms with E-state index in [2.05, 4.69) is 32.8 Å². The fourth-order valence-electron chi connectivity index (χ4n) is 5.79. The normalized spacial score (nSPS) is 17.8. The third kappa shape index (κ3) is 4.98. The topological polar surface area (TPSA) is 84.9 Å². The van der Waals surface area contributed by atoms with Crippen LogP contribution in [-0.2, 0) is 14.4 Å². The number of ether oxygens (including phenoxy) is 2. The van der Waals surface area contributed by atoms with Gasteiger partial charge in [-0.25, -0.2) is 0 Å². The zero-order chi connectivity index (χ0) is 27.0. The first-order valence-corrected chi connectivity index (χ1v) is 14.0. The van der Waals surface area contributed by atoms with Gasteiger partial charge in [0.2, 0.25) is 0 Å². The number of hydrogen-bond donors (Lipinski definition) is 1. The molecule has 0 unspecified atom stereocenters. The number of ketones is 2. The van der Waals surface area contributed by atoms with Crippen LogP contribution in [0, 0.1) is 10.5 Å². The number of nitrogens with zero attached hydrogens (tertiary/aromatic N) is 1. The SMILES string of the molecule is COc1cc(C2C3=C(CCCC3=O)N(C)C3=C2C(=O)CCC3)cc(I)c1OCC(=O)Nc1cccc(C)c1. The van der Waals surface area contributed by atoms with Crippen molar-refractivity contribution >= 4 is 45.8 Å². The molecule has 1 amide bonds. The predicted octanol–water partition coefficient (Wildman–Crippen LogP) is 5.67. The summed E-state index contributed by atoms with van der Waals surface area (Å²) < 4.78 is 12.4. The van der Waals surface area contributed by atoms with Crippen molar-refractivity contribution in [3.05, 3.63) is 73.6 Å². The van der Waals surface area contributed by atoms with E-state index in [0.717, 1.165) is 62.9 Å². The first-order valence-electron chi connectivity index (χ1n) is 12.9. The Morgan fingerprint density at radius 2 is 1.68 bits per heavy atom. The number of benzene rings is 2. The molecule has 0 bridgehead atoms. The summed E-state index contributed by atoms with van der Waals surface area (Å²) in [5, 5.41) is 2.85. The van der Waals surface area contributed by atoms with Crippen LogP contribution in [0.4, 0.5) is 5.69 Å². The van der Waals surface area contributed by atoms with Crippen molar-refractivity contribution in [1.82, 2.24) is 4.90 Å². The van der Waals surface area contributed by atoms with E-state index in [-0.39, 0.29) is 24.1 Å². The molecule has 198 valence electrons. The lowest BCUT2D eigenvalue weighted by atomic mass is 9.71. The Labute approximate surface area is 236 Å². The molecule has 0 atom stereocenters.